The molecule has 5 heteroatoms. The lowest BCUT2D eigenvalue weighted by Crippen LogP contribution is -2.38. The minimum Gasteiger partial charge on any atom is -0.497 e. The van der Waals surface area contributed by atoms with Gasteiger partial charge in [0.05, 0.1) is 20.3 Å². The number of nitrogens with zero attached hydrogens (tertiary/aromatic N) is 1. The van der Waals surface area contributed by atoms with Crippen molar-refractivity contribution in [3.63, 3.8) is 0 Å². The van der Waals surface area contributed by atoms with Crippen molar-refractivity contribution in [2.24, 2.45) is 0 Å². The Morgan fingerprint density at radius 2 is 1.62 bits per heavy atom. The van der Waals surface area contributed by atoms with Gasteiger partial charge < -0.3 is 14.4 Å². The summed E-state index contributed by atoms with van der Waals surface area (Å²) >= 11 is 0. The van der Waals surface area contributed by atoms with E-state index in [0.29, 0.717) is 5.75 Å². The van der Waals surface area contributed by atoms with E-state index in [1.807, 2.05) is 42.5 Å². The fourth-order valence-electron chi connectivity index (χ4n) is 3.28. The van der Waals surface area contributed by atoms with Gasteiger partial charge in [-0.2, -0.15) is 0 Å². The number of anilines is 1. The quantitative estimate of drug-likeness (QED) is 0.481. The molecule has 24 heavy (non-hydrogen) atoms. The number of methoxy groups -OCH3 is 2. The molecule has 5 nitrogen and oxygen atoms in total. The van der Waals surface area contributed by atoms with Gasteiger partial charge in [-0.3, -0.25) is 4.79 Å². The molecule has 1 saturated heterocycles. The number of benzene rings is 2. The predicted molar refractivity (Wildman–Crippen MR) is 90.1 cm³/mol. The summed E-state index contributed by atoms with van der Waals surface area (Å²) in [6.45, 7) is 1.43. The van der Waals surface area contributed by atoms with Gasteiger partial charge in [0.25, 0.3) is 0 Å². The molecule has 0 aromatic heterocycles. The Morgan fingerprint density at radius 1 is 1.00 bits per heavy atom. The van der Waals surface area contributed by atoms with Crippen molar-refractivity contribution in [2.45, 2.75) is 18.5 Å². The van der Waals surface area contributed by atoms with Crippen LogP contribution in [-0.2, 0) is 14.3 Å². The molecular weight excluding hydrogens is 306 g/mol. The van der Waals surface area contributed by atoms with Crippen LogP contribution in [-0.4, -0.2) is 31.5 Å². The van der Waals surface area contributed by atoms with Crippen LogP contribution in [0.25, 0.3) is 0 Å². The van der Waals surface area contributed by atoms with Crippen molar-refractivity contribution in [2.75, 3.05) is 19.1 Å². The fraction of sp³-hybridized carbons (Fsp3) is 0.263. The minimum atomic E-state index is -1.31. The highest BCUT2D eigenvalue weighted by Gasteiger charge is 2.73. The monoisotopic (exact) mass is 325 g/mol. The summed E-state index contributed by atoms with van der Waals surface area (Å²) < 4.78 is 10.1. The summed E-state index contributed by atoms with van der Waals surface area (Å²) in [7, 11) is 2.90. The van der Waals surface area contributed by atoms with E-state index in [1.54, 1.807) is 24.1 Å². The molecule has 0 unspecified atom stereocenters. The number of rotatable bonds is 5. The Bertz CT molecular complexity index is 757. The molecule has 0 spiro atoms. The smallest absolute Gasteiger partial charge is 0.342 e. The summed E-state index contributed by atoms with van der Waals surface area (Å²) in [5, 5.41) is 0. The van der Waals surface area contributed by atoms with Crippen LogP contribution < -0.4 is 9.64 Å². The molecule has 1 heterocycles. The second kappa shape index (κ2) is 6.00. The summed E-state index contributed by atoms with van der Waals surface area (Å²) in [6, 6.07) is 16.4. The van der Waals surface area contributed by atoms with Crippen LogP contribution in [0.1, 0.15) is 18.5 Å². The van der Waals surface area contributed by atoms with Gasteiger partial charge in [-0.15, -0.1) is 0 Å². The number of carbonyl (C=O) groups is 2. The van der Waals surface area contributed by atoms with E-state index < -0.39 is 11.5 Å². The molecule has 0 amide bonds. The second-order valence-electron chi connectivity index (χ2n) is 5.70. The summed E-state index contributed by atoms with van der Waals surface area (Å²) in [5.41, 5.74) is 0.351. The largest absolute Gasteiger partial charge is 0.497 e. The molecule has 0 aliphatic carbocycles. The van der Waals surface area contributed by atoms with Crippen LogP contribution in [0.2, 0.25) is 0 Å². The topological polar surface area (TPSA) is 55.6 Å². The van der Waals surface area contributed by atoms with Crippen LogP contribution in [0.3, 0.4) is 0 Å². The third-order valence-corrected chi connectivity index (χ3v) is 4.47. The number of carbonyl (C=O) groups excluding carboxylic acids is 2. The van der Waals surface area contributed by atoms with Gasteiger partial charge in [0.1, 0.15) is 5.75 Å². The lowest BCUT2D eigenvalue weighted by atomic mass is 9.96. The number of hydrogen-bond donors (Lipinski definition) is 0. The van der Waals surface area contributed by atoms with E-state index >= 15 is 0 Å². The van der Waals surface area contributed by atoms with Crippen molar-refractivity contribution in [3.05, 3.63) is 60.2 Å². The lowest BCUT2D eigenvalue weighted by Gasteiger charge is -2.13. The molecule has 1 fully saturated rings. The normalized spacial score (nSPS) is 22.0. The van der Waals surface area contributed by atoms with Gasteiger partial charge in [-0.1, -0.05) is 30.3 Å². The molecule has 1 aliphatic rings. The molecule has 3 rings (SSSR count). The lowest BCUT2D eigenvalue weighted by molar-refractivity contribution is -0.146. The van der Waals surface area contributed by atoms with Crippen LogP contribution in [0.5, 0.6) is 5.75 Å². The van der Waals surface area contributed by atoms with Crippen LogP contribution in [0.4, 0.5) is 5.69 Å². The molecule has 1 aliphatic heterocycles. The highest BCUT2D eigenvalue weighted by Crippen LogP contribution is 2.57. The van der Waals surface area contributed by atoms with Gasteiger partial charge in [-0.05, 0) is 36.8 Å². The van der Waals surface area contributed by atoms with Crippen molar-refractivity contribution >= 4 is 17.4 Å². The SMILES string of the molecule is COC(=O)[C@@]1(C(C)=O)[C@@H](c2ccccc2)N1c1ccc(OC)cc1. The molecule has 0 N–H and O–H groups in total. The first-order chi connectivity index (χ1) is 11.6. The van der Waals surface area contributed by atoms with Crippen molar-refractivity contribution in [3.8, 4) is 5.75 Å². The van der Waals surface area contributed by atoms with E-state index in [0.717, 1.165) is 11.3 Å². The Morgan fingerprint density at radius 3 is 2.12 bits per heavy atom. The predicted octanol–water partition coefficient (Wildman–Crippen LogP) is 2.76. The van der Waals surface area contributed by atoms with E-state index in [9.17, 15) is 9.59 Å². The first-order valence-electron chi connectivity index (χ1n) is 7.65. The van der Waals surface area contributed by atoms with Crippen molar-refractivity contribution in [1.29, 1.82) is 0 Å². The first kappa shape index (κ1) is 16.1. The van der Waals surface area contributed by atoms with E-state index in [4.69, 9.17) is 9.47 Å². The fourth-order valence-corrected chi connectivity index (χ4v) is 3.28. The minimum absolute atomic E-state index is 0.237. The number of esters is 1. The van der Waals surface area contributed by atoms with Crippen LogP contribution >= 0.6 is 0 Å². The summed E-state index contributed by atoms with van der Waals surface area (Å²) in [6.07, 6.45) is 0. The van der Waals surface area contributed by atoms with Crippen molar-refractivity contribution < 1.29 is 19.1 Å². The van der Waals surface area contributed by atoms with E-state index in [-0.39, 0.29) is 11.8 Å². The zero-order valence-corrected chi connectivity index (χ0v) is 13.9. The van der Waals surface area contributed by atoms with Gasteiger partial charge in [0, 0.05) is 5.69 Å². The number of ether oxygens (including phenoxy) is 2. The molecule has 2 atom stereocenters. The van der Waals surface area contributed by atoms with Gasteiger partial charge in [0.2, 0.25) is 5.54 Å². The highest BCUT2D eigenvalue weighted by molar-refractivity contribution is 6.17. The molecule has 0 saturated carbocycles. The zero-order valence-electron chi connectivity index (χ0n) is 13.9. The maximum absolute atomic E-state index is 12.5. The Balaban J connectivity index is 2.09. The molecular formula is C19H19NO4. The van der Waals surface area contributed by atoms with Crippen LogP contribution in [0.15, 0.2) is 54.6 Å². The Labute approximate surface area is 140 Å². The number of hydrogen-bond acceptors (Lipinski definition) is 5. The van der Waals surface area contributed by atoms with Gasteiger partial charge in [-0.25, -0.2) is 4.79 Å². The number of Topliss-reactive ketones (excluding diaryl/α,β-unsaturated/α-hetero) is 1. The average molecular weight is 325 g/mol. The molecule has 2 aromatic rings. The number of ketones is 1. The maximum atomic E-state index is 12.5. The third-order valence-electron chi connectivity index (χ3n) is 4.47. The highest BCUT2D eigenvalue weighted by atomic mass is 16.5. The van der Waals surface area contributed by atoms with Crippen LogP contribution in [0, 0.1) is 0 Å². The van der Waals surface area contributed by atoms with Gasteiger partial charge >= 0.3 is 5.97 Å². The summed E-state index contributed by atoms with van der Waals surface area (Å²) in [5.74, 6) is -0.0675. The zero-order chi connectivity index (χ0) is 17.3. The third kappa shape index (κ3) is 2.24. The Hall–Kier alpha value is -2.82. The Kier molecular flexibility index (Phi) is 4.01. The molecule has 124 valence electrons. The van der Waals surface area contributed by atoms with Gasteiger partial charge in [0.15, 0.2) is 5.78 Å². The first-order valence-corrected chi connectivity index (χ1v) is 7.65. The summed E-state index contributed by atoms with van der Waals surface area (Å²) in [4.78, 5) is 26.8. The molecule has 2 aromatic carbocycles. The maximum Gasteiger partial charge on any atom is 0.342 e. The molecule has 0 radical (unpaired) electrons. The molecule has 0 bridgehead atoms. The standard InChI is InChI=1S/C19H19NO4/c1-13(21)19(18(22)24-3)17(14-7-5-4-6-8-14)20(19)15-9-11-16(23-2)12-10-15/h4-12,17H,1-3H3/t17-,19-,20?/m1/s1. The van der Waals surface area contributed by atoms with E-state index in [2.05, 4.69) is 0 Å². The van der Waals surface area contributed by atoms with Crippen molar-refractivity contribution in [1.82, 2.24) is 0 Å². The second-order valence-corrected chi connectivity index (χ2v) is 5.70. The van der Waals surface area contributed by atoms with E-state index in [1.165, 1.54) is 14.0 Å². The average Bonchev–Trinajstić information content (AvgIpc) is 3.33.